The van der Waals surface area contributed by atoms with E-state index in [1.807, 2.05) is 31.2 Å². The third-order valence-electron chi connectivity index (χ3n) is 3.50. The van der Waals surface area contributed by atoms with Gasteiger partial charge in [-0.25, -0.2) is 9.59 Å². The quantitative estimate of drug-likeness (QED) is 0.391. The highest BCUT2D eigenvalue weighted by Crippen LogP contribution is 2.33. The summed E-state index contributed by atoms with van der Waals surface area (Å²) >= 11 is 0. The first kappa shape index (κ1) is 20.3. The smallest absolute Gasteiger partial charge is 0.412 e. The van der Waals surface area contributed by atoms with Gasteiger partial charge in [0.25, 0.3) is 0 Å². The van der Waals surface area contributed by atoms with Gasteiger partial charge in [0.2, 0.25) is 0 Å². The number of fused-ring (bicyclic) bond motifs is 1. The largest absolute Gasteiger partial charge is 0.493 e. The Morgan fingerprint density at radius 3 is 2.44 bits per heavy atom. The molecule has 0 heterocycles. The standard InChI is InChI=1S/C20H23NO6/c1-3-19(22)26-14-13-24-12-11-21-20(23)27-18-10-9-17(25-4-2)15-7-5-6-8-16(15)18/h3,5-10H,1,4,11-14H2,2H3,(H,21,23). The van der Waals surface area contributed by atoms with Gasteiger partial charge in [0.15, 0.2) is 0 Å². The Morgan fingerprint density at radius 2 is 1.74 bits per heavy atom. The van der Waals surface area contributed by atoms with E-state index in [9.17, 15) is 9.59 Å². The molecule has 0 bridgehead atoms. The Morgan fingerprint density at radius 1 is 1.04 bits per heavy atom. The van der Waals surface area contributed by atoms with Crippen molar-refractivity contribution < 1.29 is 28.5 Å². The molecule has 0 saturated heterocycles. The van der Waals surface area contributed by atoms with E-state index in [1.165, 1.54) is 0 Å². The second-order valence-corrected chi connectivity index (χ2v) is 5.34. The number of benzene rings is 2. The first-order valence-electron chi connectivity index (χ1n) is 8.63. The molecule has 0 saturated carbocycles. The summed E-state index contributed by atoms with van der Waals surface area (Å²) in [4.78, 5) is 22.8. The van der Waals surface area contributed by atoms with Gasteiger partial charge in [0, 0.05) is 23.4 Å². The van der Waals surface area contributed by atoms with Crippen molar-refractivity contribution in [3.8, 4) is 11.5 Å². The first-order valence-corrected chi connectivity index (χ1v) is 8.63. The average molecular weight is 373 g/mol. The molecule has 2 aromatic rings. The molecule has 0 spiro atoms. The van der Waals surface area contributed by atoms with Crippen LogP contribution in [0.15, 0.2) is 49.1 Å². The minimum Gasteiger partial charge on any atom is -0.493 e. The summed E-state index contributed by atoms with van der Waals surface area (Å²) in [6, 6.07) is 11.0. The number of carbonyl (C=O) groups excluding carboxylic acids is 2. The zero-order valence-electron chi connectivity index (χ0n) is 15.2. The normalized spacial score (nSPS) is 10.3. The van der Waals surface area contributed by atoms with Crippen molar-refractivity contribution in [2.45, 2.75) is 6.92 Å². The van der Waals surface area contributed by atoms with Crippen LogP contribution in [0.2, 0.25) is 0 Å². The summed E-state index contributed by atoms with van der Waals surface area (Å²) in [6.45, 7) is 6.66. The van der Waals surface area contributed by atoms with Crippen LogP contribution in [0.1, 0.15) is 6.92 Å². The Kier molecular flexibility index (Phi) is 8.12. The van der Waals surface area contributed by atoms with E-state index in [2.05, 4.69) is 11.9 Å². The second-order valence-electron chi connectivity index (χ2n) is 5.34. The van der Waals surface area contributed by atoms with Crippen LogP contribution in [-0.4, -0.2) is 45.0 Å². The van der Waals surface area contributed by atoms with E-state index in [1.54, 1.807) is 12.1 Å². The molecule has 0 atom stereocenters. The van der Waals surface area contributed by atoms with E-state index in [4.69, 9.17) is 18.9 Å². The predicted octanol–water partition coefficient (Wildman–Crippen LogP) is 3.07. The monoisotopic (exact) mass is 373 g/mol. The van der Waals surface area contributed by atoms with E-state index in [-0.39, 0.29) is 26.4 Å². The highest BCUT2D eigenvalue weighted by molar-refractivity contribution is 5.94. The van der Waals surface area contributed by atoms with Crippen LogP contribution in [0.25, 0.3) is 10.8 Å². The molecule has 0 aliphatic carbocycles. The molecule has 0 aliphatic rings. The molecule has 27 heavy (non-hydrogen) atoms. The topological polar surface area (TPSA) is 83.1 Å². The number of amides is 1. The zero-order chi connectivity index (χ0) is 19.5. The molecule has 1 amide bonds. The van der Waals surface area contributed by atoms with Crippen molar-refractivity contribution in [2.24, 2.45) is 0 Å². The highest BCUT2D eigenvalue weighted by atomic mass is 16.6. The Labute approximate surface area is 157 Å². The minimum atomic E-state index is -0.578. The van der Waals surface area contributed by atoms with E-state index in [0.29, 0.717) is 12.4 Å². The lowest BCUT2D eigenvalue weighted by Gasteiger charge is -2.12. The van der Waals surface area contributed by atoms with Crippen molar-refractivity contribution >= 4 is 22.8 Å². The van der Waals surface area contributed by atoms with Gasteiger partial charge in [-0.1, -0.05) is 30.8 Å². The molecule has 0 aromatic heterocycles. The van der Waals surface area contributed by atoms with Crippen LogP contribution >= 0.6 is 0 Å². The van der Waals surface area contributed by atoms with Gasteiger partial charge in [-0.3, -0.25) is 0 Å². The van der Waals surface area contributed by atoms with Crippen LogP contribution in [0.5, 0.6) is 11.5 Å². The molecule has 0 aliphatic heterocycles. The van der Waals surface area contributed by atoms with Gasteiger partial charge < -0.3 is 24.3 Å². The van der Waals surface area contributed by atoms with Crippen molar-refractivity contribution in [3.63, 3.8) is 0 Å². The van der Waals surface area contributed by atoms with Gasteiger partial charge in [0.05, 0.1) is 19.8 Å². The summed E-state index contributed by atoms with van der Waals surface area (Å²) in [5.41, 5.74) is 0. The lowest BCUT2D eigenvalue weighted by atomic mass is 10.1. The summed E-state index contributed by atoms with van der Waals surface area (Å²) in [5, 5.41) is 4.27. The molecular weight excluding hydrogens is 350 g/mol. The second kappa shape index (κ2) is 10.8. The number of hydrogen-bond acceptors (Lipinski definition) is 6. The van der Waals surface area contributed by atoms with Gasteiger partial charge in [0.1, 0.15) is 18.1 Å². The lowest BCUT2D eigenvalue weighted by Crippen LogP contribution is -2.30. The van der Waals surface area contributed by atoms with Gasteiger partial charge in [-0.15, -0.1) is 0 Å². The molecule has 7 nitrogen and oxygen atoms in total. The molecule has 7 heteroatoms. The van der Waals surface area contributed by atoms with Crippen molar-refractivity contribution in [1.29, 1.82) is 0 Å². The van der Waals surface area contributed by atoms with Crippen LogP contribution in [0.3, 0.4) is 0 Å². The zero-order valence-corrected chi connectivity index (χ0v) is 15.2. The maximum Gasteiger partial charge on any atom is 0.412 e. The van der Waals surface area contributed by atoms with Crippen molar-refractivity contribution in [2.75, 3.05) is 33.0 Å². The van der Waals surface area contributed by atoms with Gasteiger partial charge in [-0.05, 0) is 19.1 Å². The van der Waals surface area contributed by atoms with Crippen molar-refractivity contribution in [1.82, 2.24) is 5.32 Å². The maximum absolute atomic E-state index is 12.0. The summed E-state index contributed by atoms with van der Waals surface area (Å²) in [5.74, 6) is 0.693. The molecule has 2 rings (SSSR count). The number of ether oxygens (including phenoxy) is 4. The van der Waals surface area contributed by atoms with Crippen LogP contribution in [0.4, 0.5) is 4.79 Å². The number of carbonyl (C=O) groups is 2. The third-order valence-corrected chi connectivity index (χ3v) is 3.50. The fraction of sp³-hybridized carbons (Fsp3) is 0.300. The van der Waals surface area contributed by atoms with E-state index < -0.39 is 12.1 Å². The molecule has 1 N–H and O–H groups in total. The van der Waals surface area contributed by atoms with Gasteiger partial charge in [-0.2, -0.15) is 0 Å². The Hall–Kier alpha value is -3.06. The fourth-order valence-corrected chi connectivity index (χ4v) is 2.34. The Balaban J connectivity index is 1.80. The summed E-state index contributed by atoms with van der Waals surface area (Å²) < 4.78 is 21.0. The van der Waals surface area contributed by atoms with Gasteiger partial charge >= 0.3 is 12.1 Å². The SMILES string of the molecule is C=CC(=O)OCCOCCNC(=O)Oc1ccc(OCC)c2ccccc12. The highest BCUT2D eigenvalue weighted by Gasteiger charge is 2.11. The van der Waals surface area contributed by atoms with Crippen LogP contribution in [-0.2, 0) is 14.3 Å². The summed E-state index contributed by atoms with van der Waals surface area (Å²) in [7, 11) is 0. The third kappa shape index (κ3) is 6.31. The van der Waals surface area contributed by atoms with E-state index >= 15 is 0 Å². The van der Waals surface area contributed by atoms with Crippen LogP contribution < -0.4 is 14.8 Å². The number of nitrogens with one attached hydrogen (secondary N) is 1. The van der Waals surface area contributed by atoms with Crippen molar-refractivity contribution in [3.05, 3.63) is 49.1 Å². The lowest BCUT2D eigenvalue weighted by molar-refractivity contribution is -0.139. The average Bonchev–Trinajstić information content (AvgIpc) is 2.69. The van der Waals surface area contributed by atoms with Crippen LogP contribution in [0, 0.1) is 0 Å². The number of rotatable bonds is 10. The first-order chi connectivity index (χ1) is 13.2. The number of esters is 1. The Bertz CT molecular complexity index is 789. The molecule has 0 fully saturated rings. The number of hydrogen-bond donors (Lipinski definition) is 1. The minimum absolute atomic E-state index is 0.132. The molecule has 0 radical (unpaired) electrons. The molecule has 0 unspecified atom stereocenters. The maximum atomic E-state index is 12.0. The molecular formula is C20H23NO6. The fourth-order valence-electron chi connectivity index (χ4n) is 2.34. The van der Waals surface area contributed by atoms with E-state index in [0.717, 1.165) is 22.6 Å². The molecule has 144 valence electrons. The molecule has 2 aromatic carbocycles. The summed E-state index contributed by atoms with van der Waals surface area (Å²) in [6.07, 6.45) is 0.508. The predicted molar refractivity (Wildman–Crippen MR) is 101 cm³/mol.